The SMILES string of the molecule is Cc1ccccc1CNC(=O)c1cncc(Nc2cccc(Cl)c2)c1. The van der Waals surface area contributed by atoms with Gasteiger partial charge in [0.05, 0.1) is 17.4 Å². The number of aryl methyl sites for hydroxylation is 1. The molecular weight excluding hydrogens is 334 g/mol. The summed E-state index contributed by atoms with van der Waals surface area (Å²) in [6.07, 6.45) is 3.22. The van der Waals surface area contributed by atoms with Gasteiger partial charge in [-0.2, -0.15) is 0 Å². The molecule has 25 heavy (non-hydrogen) atoms. The molecule has 0 aliphatic carbocycles. The molecular formula is C20H18ClN3O. The summed E-state index contributed by atoms with van der Waals surface area (Å²) >= 11 is 5.99. The maximum atomic E-state index is 12.4. The number of carbonyl (C=O) groups is 1. The molecule has 126 valence electrons. The van der Waals surface area contributed by atoms with Crippen molar-refractivity contribution < 1.29 is 4.79 Å². The Morgan fingerprint density at radius 3 is 2.68 bits per heavy atom. The van der Waals surface area contributed by atoms with E-state index in [0.29, 0.717) is 17.1 Å². The number of hydrogen-bond donors (Lipinski definition) is 2. The minimum absolute atomic E-state index is 0.162. The number of nitrogens with zero attached hydrogens (tertiary/aromatic N) is 1. The van der Waals surface area contributed by atoms with Gasteiger partial charge in [-0.3, -0.25) is 9.78 Å². The Bertz CT molecular complexity index is 895. The summed E-state index contributed by atoms with van der Waals surface area (Å²) in [7, 11) is 0. The number of benzene rings is 2. The third kappa shape index (κ3) is 4.58. The quantitative estimate of drug-likeness (QED) is 0.699. The highest BCUT2D eigenvalue weighted by molar-refractivity contribution is 6.30. The second-order valence-corrected chi connectivity index (χ2v) is 6.14. The van der Waals surface area contributed by atoms with E-state index in [4.69, 9.17) is 11.6 Å². The second kappa shape index (κ2) is 7.81. The van der Waals surface area contributed by atoms with Crippen LogP contribution in [0.2, 0.25) is 5.02 Å². The number of amides is 1. The van der Waals surface area contributed by atoms with Crippen LogP contribution < -0.4 is 10.6 Å². The molecule has 0 fully saturated rings. The van der Waals surface area contributed by atoms with Crippen molar-refractivity contribution in [3.63, 3.8) is 0 Å². The fraction of sp³-hybridized carbons (Fsp3) is 0.100. The Kier molecular flexibility index (Phi) is 5.31. The summed E-state index contributed by atoms with van der Waals surface area (Å²) in [5, 5.41) is 6.77. The zero-order valence-corrected chi connectivity index (χ0v) is 14.5. The number of halogens is 1. The van der Waals surface area contributed by atoms with Crippen molar-refractivity contribution in [2.75, 3.05) is 5.32 Å². The zero-order chi connectivity index (χ0) is 17.6. The number of carbonyl (C=O) groups excluding carboxylic acids is 1. The van der Waals surface area contributed by atoms with Crippen LogP contribution in [0.5, 0.6) is 0 Å². The van der Waals surface area contributed by atoms with Crippen LogP contribution in [-0.4, -0.2) is 10.9 Å². The summed E-state index contributed by atoms with van der Waals surface area (Å²) in [6.45, 7) is 2.51. The molecule has 0 spiro atoms. The molecule has 0 saturated heterocycles. The summed E-state index contributed by atoms with van der Waals surface area (Å²) in [5.74, 6) is -0.162. The molecule has 1 aromatic heterocycles. The monoisotopic (exact) mass is 351 g/mol. The first-order chi connectivity index (χ1) is 12.1. The van der Waals surface area contributed by atoms with Gasteiger partial charge in [0.25, 0.3) is 5.91 Å². The topological polar surface area (TPSA) is 54.0 Å². The van der Waals surface area contributed by atoms with Gasteiger partial charge >= 0.3 is 0 Å². The number of aromatic nitrogens is 1. The molecule has 2 N–H and O–H groups in total. The van der Waals surface area contributed by atoms with E-state index in [1.54, 1.807) is 24.5 Å². The number of hydrogen-bond acceptors (Lipinski definition) is 3. The summed E-state index contributed by atoms with van der Waals surface area (Å²) in [5.41, 5.74) is 4.31. The molecule has 1 heterocycles. The van der Waals surface area contributed by atoms with E-state index < -0.39 is 0 Å². The van der Waals surface area contributed by atoms with Crippen molar-refractivity contribution in [2.24, 2.45) is 0 Å². The van der Waals surface area contributed by atoms with Crippen LogP contribution in [0.1, 0.15) is 21.5 Å². The van der Waals surface area contributed by atoms with E-state index in [1.165, 1.54) is 0 Å². The Labute approximate surface area is 151 Å². The van der Waals surface area contributed by atoms with Crippen molar-refractivity contribution in [2.45, 2.75) is 13.5 Å². The Morgan fingerprint density at radius 2 is 1.88 bits per heavy atom. The first-order valence-corrected chi connectivity index (χ1v) is 8.30. The Morgan fingerprint density at radius 1 is 1.04 bits per heavy atom. The second-order valence-electron chi connectivity index (χ2n) is 5.71. The lowest BCUT2D eigenvalue weighted by Crippen LogP contribution is -2.23. The average Bonchev–Trinajstić information content (AvgIpc) is 2.61. The number of nitrogens with one attached hydrogen (secondary N) is 2. The van der Waals surface area contributed by atoms with Gasteiger partial charge < -0.3 is 10.6 Å². The molecule has 0 aliphatic heterocycles. The third-order valence-electron chi connectivity index (χ3n) is 3.81. The molecule has 3 rings (SSSR count). The maximum absolute atomic E-state index is 12.4. The van der Waals surface area contributed by atoms with Crippen LogP contribution >= 0.6 is 11.6 Å². The molecule has 0 saturated carbocycles. The highest BCUT2D eigenvalue weighted by Crippen LogP contribution is 2.20. The van der Waals surface area contributed by atoms with E-state index in [9.17, 15) is 4.79 Å². The fourth-order valence-electron chi connectivity index (χ4n) is 2.45. The van der Waals surface area contributed by atoms with Crippen LogP contribution in [0.15, 0.2) is 67.0 Å². The highest BCUT2D eigenvalue weighted by Gasteiger charge is 2.08. The zero-order valence-electron chi connectivity index (χ0n) is 13.8. The molecule has 0 aliphatic rings. The third-order valence-corrected chi connectivity index (χ3v) is 4.05. The van der Waals surface area contributed by atoms with E-state index >= 15 is 0 Å². The standard InChI is InChI=1S/C20H18ClN3O/c1-14-5-2-3-6-15(14)12-23-20(25)16-9-19(13-22-11-16)24-18-8-4-7-17(21)10-18/h2-11,13,24H,12H2,1H3,(H,23,25). The van der Waals surface area contributed by atoms with Gasteiger partial charge in [-0.15, -0.1) is 0 Å². The molecule has 4 nitrogen and oxygen atoms in total. The molecule has 5 heteroatoms. The number of anilines is 2. The first kappa shape index (κ1) is 17.0. The number of pyridine rings is 1. The van der Waals surface area contributed by atoms with Crippen LogP contribution in [0.25, 0.3) is 0 Å². The van der Waals surface area contributed by atoms with E-state index in [2.05, 4.69) is 15.6 Å². The van der Waals surface area contributed by atoms with Gasteiger partial charge in [0.1, 0.15) is 0 Å². The highest BCUT2D eigenvalue weighted by atomic mass is 35.5. The molecule has 0 atom stereocenters. The fourth-order valence-corrected chi connectivity index (χ4v) is 2.64. The summed E-state index contributed by atoms with van der Waals surface area (Å²) in [6, 6.07) is 17.1. The lowest BCUT2D eigenvalue weighted by atomic mass is 10.1. The van der Waals surface area contributed by atoms with Crippen molar-refractivity contribution in [3.8, 4) is 0 Å². The Hall–Kier alpha value is -2.85. The smallest absolute Gasteiger partial charge is 0.253 e. The lowest BCUT2D eigenvalue weighted by molar-refractivity contribution is 0.0950. The molecule has 2 aromatic carbocycles. The largest absolute Gasteiger partial charge is 0.354 e. The van der Waals surface area contributed by atoms with Crippen LogP contribution in [0.4, 0.5) is 11.4 Å². The van der Waals surface area contributed by atoms with Crippen LogP contribution in [0.3, 0.4) is 0 Å². The van der Waals surface area contributed by atoms with E-state index in [-0.39, 0.29) is 5.91 Å². The normalized spacial score (nSPS) is 10.3. The van der Waals surface area contributed by atoms with Gasteiger partial charge in [-0.25, -0.2) is 0 Å². The van der Waals surface area contributed by atoms with Crippen molar-refractivity contribution >= 4 is 28.9 Å². The van der Waals surface area contributed by atoms with Gasteiger partial charge in [-0.05, 0) is 42.3 Å². The van der Waals surface area contributed by atoms with Crippen LogP contribution in [-0.2, 0) is 6.54 Å². The predicted molar refractivity (Wildman–Crippen MR) is 101 cm³/mol. The Balaban J connectivity index is 1.68. The number of rotatable bonds is 5. The average molecular weight is 352 g/mol. The van der Waals surface area contributed by atoms with E-state index in [0.717, 1.165) is 22.5 Å². The molecule has 3 aromatic rings. The lowest BCUT2D eigenvalue weighted by Gasteiger charge is -2.10. The van der Waals surface area contributed by atoms with Gasteiger partial charge in [-0.1, -0.05) is 41.9 Å². The van der Waals surface area contributed by atoms with Crippen molar-refractivity contribution in [1.29, 1.82) is 0 Å². The van der Waals surface area contributed by atoms with Crippen molar-refractivity contribution in [3.05, 3.63) is 88.7 Å². The van der Waals surface area contributed by atoms with Crippen molar-refractivity contribution in [1.82, 2.24) is 10.3 Å². The molecule has 1 amide bonds. The first-order valence-electron chi connectivity index (χ1n) is 7.92. The van der Waals surface area contributed by atoms with E-state index in [1.807, 2.05) is 49.4 Å². The molecule has 0 radical (unpaired) electrons. The van der Waals surface area contributed by atoms with Gasteiger partial charge in [0.2, 0.25) is 0 Å². The minimum atomic E-state index is -0.162. The van der Waals surface area contributed by atoms with Gasteiger partial charge in [0, 0.05) is 23.5 Å². The minimum Gasteiger partial charge on any atom is -0.354 e. The van der Waals surface area contributed by atoms with Gasteiger partial charge in [0.15, 0.2) is 0 Å². The maximum Gasteiger partial charge on any atom is 0.253 e. The molecule has 0 unspecified atom stereocenters. The predicted octanol–water partition coefficient (Wildman–Crippen LogP) is 4.72. The summed E-state index contributed by atoms with van der Waals surface area (Å²) < 4.78 is 0. The molecule has 0 bridgehead atoms. The van der Waals surface area contributed by atoms with Crippen LogP contribution in [0, 0.1) is 6.92 Å². The summed E-state index contributed by atoms with van der Waals surface area (Å²) in [4.78, 5) is 16.5.